The predicted octanol–water partition coefficient (Wildman–Crippen LogP) is 1.96. The summed E-state index contributed by atoms with van der Waals surface area (Å²) in [5, 5.41) is 4.41. The van der Waals surface area contributed by atoms with Gasteiger partial charge in [-0.05, 0) is 32.1 Å². The van der Waals surface area contributed by atoms with Crippen LogP contribution in [-0.4, -0.2) is 21.9 Å². The molecule has 2 saturated heterocycles. The molecule has 2 unspecified atom stereocenters. The normalized spacial score (nSPS) is 27.5. The molecular weight excluding hydrogens is 238 g/mol. The summed E-state index contributed by atoms with van der Waals surface area (Å²) < 4.78 is 1.29. The first-order valence-corrected chi connectivity index (χ1v) is 6.56. The van der Waals surface area contributed by atoms with Gasteiger partial charge in [0.25, 0.3) is 5.56 Å². The molecule has 2 bridgehead atoms. The van der Waals surface area contributed by atoms with E-state index in [4.69, 9.17) is 11.6 Å². The molecule has 0 N–H and O–H groups in total. The summed E-state index contributed by atoms with van der Waals surface area (Å²) in [5.74, 6) is 0. The SMILES string of the molecule is Cn1ncc(N2C3CCCC2CC3)c(Cl)c1=O. The first-order chi connectivity index (χ1) is 8.18. The summed E-state index contributed by atoms with van der Waals surface area (Å²) in [5.41, 5.74) is 0.635. The van der Waals surface area contributed by atoms with Crippen molar-refractivity contribution in [2.45, 2.75) is 44.2 Å². The second-order valence-electron chi connectivity index (χ2n) is 5.00. The van der Waals surface area contributed by atoms with Gasteiger partial charge in [-0.25, -0.2) is 4.68 Å². The van der Waals surface area contributed by atoms with E-state index in [9.17, 15) is 4.79 Å². The first kappa shape index (κ1) is 11.1. The van der Waals surface area contributed by atoms with Gasteiger partial charge in [-0.2, -0.15) is 5.10 Å². The Balaban J connectivity index is 2.05. The molecule has 5 heteroatoms. The summed E-state index contributed by atoms with van der Waals surface area (Å²) in [6, 6.07) is 1.11. The Hall–Kier alpha value is -1.03. The number of fused-ring (bicyclic) bond motifs is 2. The lowest BCUT2D eigenvalue weighted by Crippen LogP contribution is -2.41. The molecular formula is C12H16ClN3O. The monoisotopic (exact) mass is 253 g/mol. The van der Waals surface area contributed by atoms with Crippen LogP contribution in [0.4, 0.5) is 5.69 Å². The Bertz CT molecular complexity index is 483. The van der Waals surface area contributed by atoms with Crippen molar-refractivity contribution in [3.8, 4) is 0 Å². The second-order valence-corrected chi connectivity index (χ2v) is 5.37. The van der Waals surface area contributed by atoms with Crippen LogP contribution in [0.25, 0.3) is 0 Å². The second kappa shape index (κ2) is 4.02. The van der Waals surface area contributed by atoms with Crippen molar-refractivity contribution in [3.05, 3.63) is 21.6 Å². The van der Waals surface area contributed by atoms with E-state index in [1.165, 1.54) is 36.8 Å². The van der Waals surface area contributed by atoms with Gasteiger partial charge in [0.05, 0.1) is 11.9 Å². The molecule has 0 aliphatic carbocycles. The average Bonchev–Trinajstić information content (AvgIpc) is 2.58. The number of anilines is 1. The van der Waals surface area contributed by atoms with Crippen molar-refractivity contribution >= 4 is 17.3 Å². The molecule has 4 nitrogen and oxygen atoms in total. The van der Waals surface area contributed by atoms with E-state index in [2.05, 4.69) is 10.00 Å². The number of aromatic nitrogens is 2. The van der Waals surface area contributed by atoms with E-state index in [-0.39, 0.29) is 5.56 Å². The van der Waals surface area contributed by atoms with Gasteiger partial charge in [0, 0.05) is 19.1 Å². The third-order valence-electron chi connectivity index (χ3n) is 4.03. The third-order valence-corrected chi connectivity index (χ3v) is 4.39. The Morgan fingerprint density at radius 2 is 1.94 bits per heavy atom. The molecule has 17 heavy (non-hydrogen) atoms. The Morgan fingerprint density at radius 1 is 1.29 bits per heavy atom. The van der Waals surface area contributed by atoms with E-state index in [0.29, 0.717) is 17.1 Å². The van der Waals surface area contributed by atoms with Crippen molar-refractivity contribution in [2.75, 3.05) is 4.90 Å². The number of piperidine rings is 1. The van der Waals surface area contributed by atoms with Crippen molar-refractivity contribution in [1.29, 1.82) is 0 Å². The highest BCUT2D eigenvalue weighted by molar-refractivity contribution is 6.33. The minimum absolute atomic E-state index is 0.200. The Labute approximate surface area is 105 Å². The van der Waals surface area contributed by atoms with Gasteiger partial charge in [-0.15, -0.1) is 0 Å². The van der Waals surface area contributed by atoms with E-state index in [1.807, 2.05) is 0 Å². The van der Waals surface area contributed by atoms with Gasteiger partial charge in [-0.3, -0.25) is 4.79 Å². The van der Waals surface area contributed by atoms with Gasteiger partial charge < -0.3 is 4.90 Å². The number of halogens is 1. The van der Waals surface area contributed by atoms with Gasteiger partial charge in [0.2, 0.25) is 0 Å². The molecule has 3 heterocycles. The van der Waals surface area contributed by atoms with E-state index < -0.39 is 0 Å². The minimum atomic E-state index is -0.200. The summed E-state index contributed by atoms with van der Waals surface area (Å²) in [7, 11) is 1.63. The van der Waals surface area contributed by atoms with Crippen LogP contribution in [0.1, 0.15) is 32.1 Å². The lowest BCUT2D eigenvalue weighted by molar-refractivity contribution is 0.466. The number of hydrogen-bond donors (Lipinski definition) is 0. The first-order valence-electron chi connectivity index (χ1n) is 6.18. The topological polar surface area (TPSA) is 38.1 Å². The molecule has 1 aromatic rings. The lowest BCUT2D eigenvalue weighted by Gasteiger charge is -2.36. The maximum absolute atomic E-state index is 11.8. The molecule has 0 saturated carbocycles. The maximum atomic E-state index is 11.8. The fourth-order valence-electron chi connectivity index (χ4n) is 3.19. The molecule has 1 aromatic heterocycles. The number of hydrogen-bond acceptors (Lipinski definition) is 3. The van der Waals surface area contributed by atoms with E-state index in [1.54, 1.807) is 13.2 Å². The van der Waals surface area contributed by atoms with E-state index >= 15 is 0 Å². The van der Waals surface area contributed by atoms with Crippen LogP contribution in [0.3, 0.4) is 0 Å². The van der Waals surface area contributed by atoms with Crippen LogP contribution in [-0.2, 0) is 7.05 Å². The standard InChI is InChI=1S/C12H16ClN3O/c1-15-12(17)11(13)10(7-14-15)16-8-3-2-4-9(16)6-5-8/h7-9H,2-6H2,1H3. The van der Waals surface area contributed by atoms with Crippen LogP contribution in [0.15, 0.2) is 11.0 Å². The van der Waals surface area contributed by atoms with Gasteiger partial charge in [0.1, 0.15) is 5.02 Å². The highest BCUT2D eigenvalue weighted by Gasteiger charge is 2.37. The van der Waals surface area contributed by atoms with Crippen LogP contribution >= 0.6 is 11.6 Å². The van der Waals surface area contributed by atoms with Gasteiger partial charge >= 0.3 is 0 Å². The molecule has 92 valence electrons. The van der Waals surface area contributed by atoms with Gasteiger partial charge in [0.15, 0.2) is 0 Å². The average molecular weight is 254 g/mol. The zero-order valence-electron chi connectivity index (χ0n) is 9.90. The maximum Gasteiger partial charge on any atom is 0.287 e. The molecule has 0 amide bonds. The fraction of sp³-hybridized carbons (Fsp3) is 0.667. The highest BCUT2D eigenvalue weighted by Crippen LogP contribution is 2.40. The number of nitrogens with zero attached hydrogens (tertiary/aromatic N) is 3. The smallest absolute Gasteiger partial charge is 0.287 e. The zero-order valence-corrected chi connectivity index (χ0v) is 10.7. The highest BCUT2D eigenvalue weighted by atomic mass is 35.5. The molecule has 0 radical (unpaired) electrons. The van der Waals surface area contributed by atoms with Gasteiger partial charge in [-0.1, -0.05) is 11.6 Å². The van der Waals surface area contributed by atoms with Crippen molar-refractivity contribution < 1.29 is 0 Å². The molecule has 2 fully saturated rings. The molecule has 3 rings (SSSR count). The molecule has 0 aromatic carbocycles. The van der Waals surface area contributed by atoms with Crippen LogP contribution in [0.2, 0.25) is 5.02 Å². The van der Waals surface area contributed by atoms with Crippen LogP contribution < -0.4 is 10.5 Å². The molecule has 2 atom stereocenters. The number of rotatable bonds is 1. The lowest BCUT2D eigenvalue weighted by atomic mass is 10.0. The Morgan fingerprint density at radius 3 is 2.59 bits per heavy atom. The predicted molar refractivity (Wildman–Crippen MR) is 67.6 cm³/mol. The summed E-state index contributed by atoms with van der Waals surface area (Å²) >= 11 is 6.18. The summed E-state index contributed by atoms with van der Waals surface area (Å²) in [4.78, 5) is 14.1. The quantitative estimate of drug-likeness (QED) is 0.768. The third kappa shape index (κ3) is 1.66. The minimum Gasteiger partial charge on any atom is -0.363 e. The Kier molecular flexibility index (Phi) is 2.62. The number of aryl methyl sites for hydroxylation is 1. The fourth-order valence-corrected chi connectivity index (χ4v) is 3.46. The van der Waals surface area contributed by atoms with Crippen molar-refractivity contribution in [1.82, 2.24) is 9.78 Å². The molecule has 2 aliphatic heterocycles. The summed E-state index contributed by atoms with van der Waals surface area (Å²) in [6.45, 7) is 0. The van der Waals surface area contributed by atoms with Crippen LogP contribution in [0, 0.1) is 0 Å². The van der Waals surface area contributed by atoms with Crippen molar-refractivity contribution in [3.63, 3.8) is 0 Å². The summed E-state index contributed by atoms with van der Waals surface area (Å²) in [6.07, 6.45) is 7.89. The molecule has 0 spiro atoms. The van der Waals surface area contributed by atoms with Crippen LogP contribution in [0.5, 0.6) is 0 Å². The largest absolute Gasteiger partial charge is 0.363 e. The molecule has 2 aliphatic rings. The zero-order chi connectivity index (χ0) is 12.0. The van der Waals surface area contributed by atoms with E-state index in [0.717, 1.165) is 5.69 Å². The van der Waals surface area contributed by atoms with Crippen molar-refractivity contribution in [2.24, 2.45) is 7.05 Å².